The summed E-state index contributed by atoms with van der Waals surface area (Å²) in [6.07, 6.45) is -0.537. The SMILES string of the molecule is C=C(C)C(=O)OC1CC2SC1C1OC(=O)OC21. The Hall–Kier alpha value is -1.17. The summed E-state index contributed by atoms with van der Waals surface area (Å²) in [5.74, 6) is -0.384. The standard InChI is InChI=1S/C11H12O5S/c1-4(2)10(12)14-5-3-6-7-8(9(5)17-6)16-11(13)15-7/h5-9H,1,3H2,2H3. The molecule has 3 saturated heterocycles. The van der Waals surface area contributed by atoms with Gasteiger partial charge in [-0.25, -0.2) is 9.59 Å². The van der Waals surface area contributed by atoms with Crippen molar-refractivity contribution in [3.63, 3.8) is 0 Å². The molecule has 92 valence electrons. The van der Waals surface area contributed by atoms with Crippen molar-refractivity contribution in [1.29, 1.82) is 0 Å². The molecule has 5 nitrogen and oxygen atoms in total. The molecule has 3 aliphatic heterocycles. The number of esters is 1. The summed E-state index contributed by atoms with van der Waals surface area (Å²) < 4.78 is 15.5. The summed E-state index contributed by atoms with van der Waals surface area (Å²) in [6, 6.07) is 0. The lowest BCUT2D eigenvalue weighted by atomic mass is 9.92. The molecular weight excluding hydrogens is 244 g/mol. The summed E-state index contributed by atoms with van der Waals surface area (Å²) in [4.78, 5) is 22.5. The molecule has 0 saturated carbocycles. The van der Waals surface area contributed by atoms with E-state index in [2.05, 4.69) is 6.58 Å². The number of thioether (sulfide) groups is 1. The summed E-state index contributed by atoms with van der Waals surface area (Å²) >= 11 is 1.68. The Morgan fingerprint density at radius 3 is 2.88 bits per heavy atom. The highest BCUT2D eigenvalue weighted by Gasteiger charge is 2.62. The highest BCUT2D eigenvalue weighted by Crippen LogP contribution is 2.52. The average molecular weight is 256 g/mol. The zero-order valence-corrected chi connectivity index (χ0v) is 10.1. The van der Waals surface area contributed by atoms with Gasteiger partial charge in [-0.2, -0.15) is 0 Å². The van der Waals surface area contributed by atoms with Gasteiger partial charge in [0.05, 0.1) is 5.25 Å². The number of hydrogen-bond acceptors (Lipinski definition) is 6. The fourth-order valence-electron chi connectivity index (χ4n) is 2.49. The number of hydrogen-bond donors (Lipinski definition) is 0. The Morgan fingerprint density at radius 1 is 1.47 bits per heavy atom. The molecule has 5 atom stereocenters. The maximum absolute atomic E-state index is 11.5. The molecule has 3 aliphatic rings. The predicted octanol–water partition coefficient (Wildman–Crippen LogP) is 1.27. The van der Waals surface area contributed by atoms with Crippen LogP contribution in [-0.2, 0) is 19.0 Å². The minimum atomic E-state index is -0.609. The van der Waals surface area contributed by atoms with E-state index in [0.717, 1.165) is 0 Å². The van der Waals surface area contributed by atoms with Gasteiger partial charge in [-0.15, -0.1) is 11.8 Å². The molecule has 0 aromatic carbocycles. The fourth-order valence-corrected chi connectivity index (χ4v) is 4.26. The van der Waals surface area contributed by atoms with Crippen LogP contribution in [0, 0.1) is 0 Å². The Balaban J connectivity index is 1.70. The second kappa shape index (κ2) is 3.66. The lowest BCUT2D eigenvalue weighted by molar-refractivity contribution is -0.146. The van der Waals surface area contributed by atoms with Gasteiger partial charge in [0.25, 0.3) is 0 Å². The van der Waals surface area contributed by atoms with E-state index in [0.29, 0.717) is 12.0 Å². The van der Waals surface area contributed by atoms with Gasteiger partial charge in [-0.1, -0.05) is 6.58 Å². The van der Waals surface area contributed by atoms with Crippen LogP contribution in [0.4, 0.5) is 4.79 Å². The topological polar surface area (TPSA) is 61.8 Å². The largest absolute Gasteiger partial charge is 0.509 e. The predicted molar refractivity (Wildman–Crippen MR) is 59.6 cm³/mol. The normalized spacial score (nSPS) is 41.7. The van der Waals surface area contributed by atoms with Crippen LogP contribution in [0.15, 0.2) is 12.2 Å². The summed E-state index contributed by atoms with van der Waals surface area (Å²) in [5, 5.41) is 0.180. The molecule has 3 fully saturated rings. The molecule has 17 heavy (non-hydrogen) atoms. The van der Waals surface area contributed by atoms with Crippen molar-refractivity contribution in [2.75, 3.05) is 0 Å². The third kappa shape index (κ3) is 1.62. The minimum Gasteiger partial charge on any atom is -0.458 e. The van der Waals surface area contributed by atoms with Gasteiger partial charge < -0.3 is 14.2 Å². The van der Waals surface area contributed by atoms with E-state index in [1.54, 1.807) is 18.7 Å². The molecule has 0 aliphatic carbocycles. The van der Waals surface area contributed by atoms with Crippen LogP contribution in [0.1, 0.15) is 13.3 Å². The monoisotopic (exact) mass is 256 g/mol. The van der Waals surface area contributed by atoms with Crippen LogP contribution < -0.4 is 0 Å². The fraction of sp³-hybridized carbons (Fsp3) is 0.636. The van der Waals surface area contributed by atoms with E-state index in [1.165, 1.54) is 0 Å². The first-order valence-electron chi connectivity index (χ1n) is 5.45. The van der Waals surface area contributed by atoms with Crippen molar-refractivity contribution in [2.24, 2.45) is 0 Å². The molecule has 0 aromatic rings. The van der Waals surface area contributed by atoms with Crippen molar-refractivity contribution < 1.29 is 23.8 Å². The van der Waals surface area contributed by atoms with Gasteiger partial charge in [0, 0.05) is 17.2 Å². The van der Waals surface area contributed by atoms with Crippen molar-refractivity contribution in [3.8, 4) is 0 Å². The summed E-state index contributed by atoms with van der Waals surface area (Å²) in [7, 11) is 0. The Morgan fingerprint density at radius 2 is 2.18 bits per heavy atom. The molecule has 2 bridgehead atoms. The van der Waals surface area contributed by atoms with E-state index in [-0.39, 0.29) is 34.8 Å². The first kappa shape index (κ1) is 11.0. The maximum atomic E-state index is 11.5. The van der Waals surface area contributed by atoms with E-state index in [4.69, 9.17) is 14.2 Å². The van der Waals surface area contributed by atoms with Gasteiger partial charge in [-0.05, 0) is 6.92 Å². The highest BCUT2D eigenvalue weighted by atomic mass is 32.2. The third-order valence-electron chi connectivity index (χ3n) is 3.25. The molecule has 3 rings (SSSR count). The van der Waals surface area contributed by atoms with E-state index < -0.39 is 6.16 Å². The third-order valence-corrected chi connectivity index (χ3v) is 4.94. The van der Waals surface area contributed by atoms with E-state index >= 15 is 0 Å². The van der Waals surface area contributed by atoms with Crippen LogP contribution in [0.25, 0.3) is 0 Å². The first-order valence-corrected chi connectivity index (χ1v) is 6.40. The number of rotatable bonds is 2. The van der Waals surface area contributed by atoms with Crippen LogP contribution in [0.2, 0.25) is 0 Å². The van der Waals surface area contributed by atoms with E-state index in [1.807, 2.05) is 0 Å². The number of carbonyl (C=O) groups is 2. The lowest BCUT2D eigenvalue weighted by Crippen LogP contribution is -2.43. The second-order valence-electron chi connectivity index (χ2n) is 4.51. The van der Waals surface area contributed by atoms with Crippen molar-refractivity contribution in [3.05, 3.63) is 12.2 Å². The molecule has 0 amide bonds. The molecule has 6 heteroatoms. The Labute approximate surface area is 102 Å². The van der Waals surface area contributed by atoms with Gasteiger partial charge in [0.2, 0.25) is 0 Å². The van der Waals surface area contributed by atoms with Crippen LogP contribution in [0.5, 0.6) is 0 Å². The molecule has 0 spiro atoms. The zero-order valence-electron chi connectivity index (χ0n) is 9.25. The van der Waals surface area contributed by atoms with Crippen LogP contribution in [0.3, 0.4) is 0 Å². The second-order valence-corrected chi connectivity index (χ2v) is 5.94. The highest BCUT2D eigenvalue weighted by molar-refractivity contribution is 8.01. The lowest BCUT2D eigenvalue weighted by Gasteiger charge is -2.26. The van der Waals surface area contributed by atoms with Crippen LogP contribution >= 0.6 is 11.8 Å². The van der Waals surface area contributed by atoms with Crippen molar-refractivity contribution >= 4 is 23.9 Å². The average Bonchev–Trinajstić information content (AvgIpc) is 2.87. The van der Waals surface area contributed by atoms with Gasteiger partial charge in [0.1, 0.15) is 6.10 Å². The Bertz CT molecular complexity index is 407. The van der Waals surface area contributed by atoms with E-state index in [9.17, 15) is 9.59 Å². The number of carbonyl (C=O) groups excluding carboxylic acids is 2. The zero-order chi connectivity index (χ0) is 12.2. The van der Waals surface area contributed by atoms with Gasteiger partial charge >= 0.3 is 12.1 Å². The summed E-state index contributed by atoms with van der Waals surface area (Å²) in [5.41, 5.74) is 0.383. The molecular formula is C11H12O5S. The molecule has 3 heterocycles. The van der Waals surface area contributed by atoms with Gasteiger partial charge in [-0.3, -0.25) is 0 Å². The minimum absolute atomic E-state index is 0.000231. The quantitative estimate of drug-likeness (QED) is 0.547. The van der Waals surface area contributed by atoms with Crippen molar-refractivity contribution in [1.82, 2.24) is 0 Å². The maximum Gasteiger partial charge on any atom is 0.509 e. The Kier molecular flexibility index (Phi) is 2.36. The number of ether oxygens (including phenoxy) is 3. The van der Waals surface area contributed by atoms with Crippen LogP contribution in [-0.4, -0.2) is 40.9 Å². The van der Waals surface area contributed by atoms with Gasteiger partial charge in [0.15, 0.2) is 12.2 Å². The molecule has 0 aromatic heterocycles. The van der Waals surface area contributed by atoms with Crippen molar-refractivity contribution in [2.45, 2.75) is 42.2 Å². The molecule has 0 radical (unpaired) electrons. The molecule has 5 unspecified atom stereocenters. The first-order chi connectivity index (χ1) is 8.06. The molecule has 0 N–H and O–H groups in total. The summed E-state index contributed by atoms with van der Waals surface area (Å²) in [6.45, 7) is 5.16. The smallest absolute Gasteiger partial charge is 0.458 e. The number of fused-ring (bicyclic) bond motifs is 5.